The third-order valence-corrected chi connectivity index (χ3v) is 3.46. The van der Waals surface area contributed by atoms with Crippen LogP contribution < -0.4 is 5.32 Å². The molecule has 1 fully saturated rings. The van der Waals surface area contributed by atoms with Crippen molar-refractivity contribution in [2.45, 2.75) is 19.6 Å². The third-order valence-electron chi connectivity index (χ3n) is 2.77. The normalized spacial score (nSPS) is 17.3. The van der Waals surface area contributed by atoms with Crippen molar-refractivity contribution in [3.8, 4) is 0 Å². The topological polar surface area (TPSA) is 76.6 Å². The summed E-state index contributed by atoms with van der Waals surface area (Å²) in [4.78, 5) is 18.2. The molecule has 19 heavy (non-hydrogen) atoms. The van der Waals surface area contributed by atoms with Crippen LogP contribution in [0.5, 0.6) is 0 Å². The molecule has 1 aromatic rings. The molecule has 1 amide bonds. The van der Waals surface area contributed by atoms with Gasteiger partial charge in [-0.2, -0.15) is 4.37 Å². The lowest BCUT2D eigenvalue weighted by atomic mass is 10.2. The first-order valence-corrected chi connectivity index (χ1v) is 6.92. The van der Waals surface area contributed by atoms with Crippen molar-refractivity contribution in [3.63, 3.8) is 0 Å². The maximum atomic E-state index is 12.2. The average molecular weight is 286 g/mol. The molecule has 0 spiro atoms. The molecule has 8 heteroatoms. The Morgan fingerprint density at radius 3 is 3.00 bits per heavy atom. The Morgan fingerprint density at radius 1 is 1.58 bits per heavy atom. The van der Waals surface area contributed by atoms with Crippen LogP contribution in [-0.2, 0) is 20.9 Å². The average Bonchev–Trinajstić information content (AvgIpc) is 2.86. The molecule has 0 aromatic carbocycles. The Kier molecular flexibility index (Phi) is 5.06. The van der Waals surface area contributed by atoms with E-state index < -0.39 is 0 Å². The van der Waals surface area contributed by atoms with Gasteiger partial charge in [0.15, 0.2) is 5.82 Å². The van der Waals surface area contributed by atoms with Gasteiger partial charge < -0.3 is 19.7 Å². The number of carbonyl (C=O) groups is 1. The zero-order valence-corrected chi connectivity index (χ0v) is 11.9. The van der Waals surface area contributed by atoms with Crippen LogP contribution in [0.2, 0.25) is 0 Å². The van der Waals surface area contributed by atoms with Crippen molar-refractivity contribution < 1.29 is 14.3 Å². The number of anilines is 1. The standard InChI is InChI=1S/C11H18N4O3S/c1-8(10(16)15-3-5-18-6-4-15)12-11-13-9(7-17-2)14-19-11/h8H,3-7H2,1-2H3,(H,12,13,14). The summed E-state index contributed by atoms with van der Waals surface area (Å²) in [5.74, 6) is 0.688. The van der Waals surface area contributed by atoms with Crippen molar-refractivity contribution in [2.24, 2.45) is 0 Å². The predicted molar refractivity (Wildman–Crippen MR) is 71.1 cm³/mol. The molecule has 1 aliphatic rings. The Morgan fingerprint density at radius 2 is 2.32 bits per heavy atom. The number of rotatable bonds is 5. The van der Waals surface area contributed by atoms with E-state index >= 15 is 0 Å². The number of morpholine rings is 1. The zero-order chi connectivity index (χ0) is 13.7. The summed E-state index contributed by atoms with van der Waals surface area (Å²) in [6, 6.07) is -0.318. The van der Waals surface area contributed by atoms with Gasteiger partial charge in [-0.25, -0.2) is 4.98 Å². The number of hydrogen-bond donors (Lipinski definition) is 1. The molecule has 1 unspecified atom stereocenters. The quantitative estimate of drug-likeness (QED) is 0.841. The first kappa shape index (κ1) is 14.2. The molecule has 1 aliphatic heterocycles. The van der Waals surface area contributed by atoms with Gasteiger partial charge in [0.05, 0.1) is 13.2 Å². The van der Waals surface area contributed by atoms with E-state index in [0.29, 0.717) is 43.9 Å². The summed E-state index contributed by atoms with van der Waals surface area (Å²) in [5, 5.41) is 3.72. The van der Waals surface area contributed by atoms with Gasteiger partial charge in [0, 0.05) is 31.7 Å². The molecule has 0 bridgehead atoms. The third kappa shape index (κ3) is 3.85. The highest BCUT2D eigenvalue weighted by atomic mass is 32.1. The highest BCUT2D eigenvalue weighted by Gasteiger charge is 2.23. The minimum Gasteiger partial charge on any atom is -0.378 e. The molecule has 0 aliphatic carbocycles. The Balaban J connectivity index is 1.88. The van der Waals surface area contributed by atoms with Crippen LogP contribution in [0, 0.1) is 0 Å². The van der Waals surface area contributed by atoms with Gasteiger partial charge >= 0.3 is 0 Å². The Labute approximate surface area is 116 Å². The van der Waals surface area contributed by atoms with E-state index in [1.54, 1.807) is 12.0 Å². The molecule has 1 saturated heterocycles. The molecular formula is C11H18N4O3S. The Hall–Kier alpha value is -1.25. The van der Waals surface area contributed by atoms with E-state index in [2.05, 4.69) is 14.7 Å². The van der Waals surface area contributed by atoms with Crippen LogP contribution in [0.25, 0.3) is 0 Å². The molecule has 1 atom stereocenters. The summed E-state index contributed by atoms with van der Waals surface area (Å²) in [5.41, 5.74) is 0. The first-order valence-electron chi connectivity index (χ1n) is 6.15. The van der Waals surface area contributed by atoms with Crippen molar-refractivity contribution in [1.29, 1.82) is 0 Å². The van der Waals surface area contributed by atoms with Gasteiger partial charge in [0.25, 0.3) is 0 Å². The van der Waals surface area contributed by atoms with Crippen LogP contribution in [0.1, 0.15) is 12.7 Å². The second-order valence-electron chi connectivity index (χ2n) is 4.25. The largest absolute Gasteiger partial charge is 0.378 e. The fourth-order valence-electron chi connectivity index (χ4n) is 1.80. The SMILES string of the molecule is COCc1nsc(NC(C)C(=O)N2CCOCC2)n1. The van der Waals surface area contributed by atoms with Gasteiger partial charge in [-0.1, -0.05) is 0 Å². The van der Waals surface area contributed by atoms with Gasteiger partial charge in [-0.15, -0.1) is 0 Å². The molecule has 2 rings (SSSR count). The number of nitrogens with zero attached hydrogens (tertiary/aromatic N) is 3. The van der Waals surface area contributed by atoms with E-state index in [0.717, 1.165) is 0 Å². The predicted octanol–water partition coefficient (Wildman–Crippen LogP) is 0.344. The highest BCUT2D eigenvalue weighted by molar-refractivity contribution is 7.09. The number of ether oxygens (including phenoxy) is 2. The lowest BCUT2D eigenvalue weighted by molar-refractivity contribution is -0.135. The van der Waals surface area contributed by atoms with Crippen LogP contribution >= 0.6 is 11.5 Å². The van der Waals surface area contributed by atoms with Crippen molar-refractivity contribution in [1.82, 2.24) is 14.3 Å². The van der Waals surface area contributed by atoms with Crippen LogP contribution in [0.15, 0.2) is 0 Å². The number of methoxy groups -OCH3 is 1. The second-order valence-corrected chi connectivity index (χ2v) is 5.00. The number of amides is 1. The van der Waals surface area contributed by atoms with Crippen LogP contribution in [-0.4, -0.2) is 59.6 Å². The summed E-state index contributed by atoms with van der Waals surface area (Å²) in [7, 11) is 1.60. The van der Waals surface area contributed by atoms with Gasteiger partial charge in [-0.3, -0.25) is 4.79 Å². The molecule has 106 valence electrons. The minimum absolute atomic E-state index is 0.0618. The van der Waals surface area contributed by atoms with E-state index in [1.807, 2.05) is 6.92 Å². The molecule has 1 aromatic heterocycles. The fourth-order valence-corrected chi connectivity index (χ4v) is 2.47. The van der Waals surface area contributed by atoms with Crippen molar-refractivity contribution in [3.05, 3.63) is 5.82 Å². The number of aromatic nitrogens is 2. The van der Waals surface area contributed by atoms with Gasteiger partial charge in [0.2, 0.25) is 11.0 Å². The smallest absolute Gasteiger partial charge is 0.244 e. The first-order chi connectivity index (χ1) is 9.20. The van der Waals surface area contributed by atoms with E-state index in [9.17, 15) is 4.79 Å². The lowest BCUT2D eigenvalue weighted by Gasteiger charge is -2.29. The summed E-state index contributed by atoms with van der Waals surface area (Å²) >= 11 is 1.23. The zero-order valence-electron chi connectivity index (χ0n) is 11.1. The van der Waals surface area contributed by atoms with Gasteiger partial charge in [-0.05, 0) is 6.92 Å². The summed E-state index contributed by atoms with van der Waals surface area (Å²) in [6.45, 7) is 4.72. The van der Waals surface area contributed by atoms with E-state index in [-0.39, 0.29) is 11.9 Å². The monoisotopic (exact) mass is 286 g/mol. The fraction of sp³-hybridized carbons (Fsp3) is 0.727. The van der Waals surface area contributed by atoms with Crippen LogP contribution in [0.4, 0.5) is 5.13 Å². The van der Waals surface area contributed by atoms with E-state index in [1.165, 1.54) is 11.5 Å². The molecule has 7 nitrogen and oxygen atoms in total. The second kappa shape index (κ2) is 6.78. The summed E-state index contributed by atoms with van der Waals surface area (Å²) < 4.78 is 14.3. The lowest BCUT2D eigenvalue weighted by Crippen LogP contribution is -2.46. The number of carbonyl (C=O) groups excluding carboxylic acids is 1. The van der Waals surface area contributed by atoms with Crippen LogP contribution in [0.3, 0.4) is 0 Å². The van der Waals surface area contributed by atoms with Crippen molar-refractivity contribution >= 4 is 22.6 Å². The molecular weight excluding hydrogens is 268 g/mol. The highest BCUT2D eigenvalue weighted by Crippen LogP contribution is 2.14. The number of hydrogen-bond acceptors (Lipinski definition) is 7. The minimum atomic E-state index is -0.318. The summed E-state index contributed by atoms with van der Waals surface area (Å²) in [6.07, 6.45) is 0. The van der Waals surface area contributed by atoms with E-state index in [4.69, 9.17) is 9.47 Å². The van der Waals surface area contributed by atoms with Gasteiger partial charge in [0.1, 0.15) is 12.6 Å². The maximum absolute atomic E-state index is 12.2. The molecule has 0 saturated carbocycles. The van der Waals surface area contributed by atoms with Crippen molar-refractivity contribution in [2.75, 3.05) is 38.7 Å². The molecule has 2 heterocycles. The maximum Gasteiger partial charge on any atom is 0.244 e. The number of nitrogens with one attached hydrogen (secondary N) is 1. The Bertz CT molecular complexity index is 420. The molecule has 1 N–H and O–H groups in total. The molecule has 0 radical (unpaired) electrons.